The van der Waals surface area contributed by atoms with Crippen LogP contribution in [0.1, 0.15) is 24.3 Å². The smallest absolute Gasteiger partial charge is 0.0500 e. The first-order chi connectivity index (χ1) is 8.36. The van der Waals surface area contributed by atoms with E-state index in [0.29, 0.717) is 5.92 Å². The maximum absolute atomic E-state index is 6.22. The van der Waals surface area contributed by atoms with Gasteiger partial charge >= 0.3 is 0 Å². The fourth-order valence-corrected chi connectivity index (χ4v) is 2.88. The molecule has 2 nitrogen and oxygen atoms in total. The highest BCUT2D eigenvalue weighted by molar-refractivity contribution is 6.35. The second-order valence-electron chi connectivity index (χ2n) is 4.58. The average Bonchev–Trinajstić information content (AvgIpc) is 2.41. The van der Waals surface area contributed by atoms with Crippen molar-refractivity contribution in [2.45, 2.75) is 18.8 Å². The van der Waals surface area contributed by atoms with Crippen LogP contribution in [0, 0.1) is 0 Å². The molecule has 1 aliphatic heterocycles. The molecule has 17 heavy (non-hydrogen) atoms. The van der Waals surface area contributed by atoms with Crippen LogP contribution in [-0.4, -0.2) is 18.1 Å². The van der Waals surface area contributed by atoms with Gasteiger partial charge < -0.3 is 5.32 Å². The zero-order valence-electron chi connectivity index (χ0n) is 9.62. The summed E-state index contributed by atoms with van der Waals surface area (Å²) in [5.74, 6) is 0.651. The van der Waals surface area contributed by atoms with E-state index in [1.54, 1.807) is 0 Å². The van der Waals surface area contributed by atoms with Crippen molar-refractivity contribution in [1.29, 1.82) is 0 Å². The van der Waals surface area contributed by atoms with Crippen LogP contribution in [0.15, 0.2) is 30.6 Å². The maximum atomic E-state index is 6.22. The van der Waals surface area contributed by atoms with Gasteiger partial charge in [-0.1, -0.05) is 17.7 Å². The highest BCUT2D eigenvalue weighted by Gasteiger charge is 2.17. The average molecular weight is 247 g/mol. The van der Waals surface area contributed by atoms with Gasteiger partial charge in [0.05, 0.1) is 0 Å². The molecule has 2 heterocycles. The molecule has 1 fully saturated rings. The Morgan fingerprint density at radius 1 is 1.12 bits per heavy atom. The third kappa shape index (κ3) is 2.03. The Balaban J connectivity index is 2.12. The van der Waals surface area contributed by atoms with Gasteiger partial charge in [0.1, 0.15) is 0 Å². The predicted octanol–water partition coefficient (Wildman–Crippen LogP) is 3.36. The zero-order chi connectivity index (χ0) is 11.7. The summed E-state index contributed by atoms with van der Waals surface area (Å²) in [6, 6.07) is 6.27. The highest BCUT2D eigenvalue weighted by Crippen LogP contribution is 2.34. The van der Waals surface area contributed by atoms with Crippen molar-refractivity contribution in [2.75, 3.05) is 13.1 Å². The van der Waals surface area contributed by atoms with Crippen LogP contribution in [0.4, 0.5) is 0 Å². The molecule has 0 saturated carbocycles. The zero-order valence-corrected chi connectivity index (χ0v) is 10.4. The first kappa shape index (κ1) is 11.0. The van der Waals surface area contributed by atoms with E-state index in [1.165, 1.54) is 23.8 Å². The molecular formula is C14H15ClN2. The number of fused-ring (bicyclic) bond motifs is 1. The molecular weight excluding hydrogens is 232 g/mol. The third-order valence-corrected chi connectivity index (χ3v) is 3.91. The summed E-state index contributed by atoms with van der Waals surface area (Å²) < 4.78 is 0. The molecule has 88 valence electrons. The number of rotatable bonds is 1. The van der Waals surface area contributed by atoms with Gasteiger partial charge in [0.25, 0.3) is 0 Å². The fourth-order valence-electron chi connectivity index (χ4n) is 2.67. The van der Waals surface area contributed by atoms with Crippen molar-refractivity contribution in [3.63, 3.8) is 0 Å². The number of nitrogens with zero attached hydrogens (tertiary/aromatic N) is 1. The van der Waals surface area contributed by atoms with E-state index in [4.69, 9.17) is 11.6 Å². The van der Waals surface area contributed by atoms with Crippen molar-refractivity contribution in [3.8, 4) is 0 Å². The molecule has 1 aromatic heterocycles. The number of hydrogen-bond donors (Lipinski definition) is 1. The quantitative estimate of drug-likeness (QED) is 0.835. The molecule has 3 heteroatoms. The van der Waals surface area contributed by atoms with Gasteiger partial charge in [0, 0.05) is 22.8 Å². The number of benzene rings is 1. The van der Waals surface area contributed by atoms with E-state index < -0.39 is 0 Å². The summed E-state index contributed by atoms with van der Waals surface area (Å²) >= 11 is 6.22. The van der Waals surface area contributed by atoms with Crippen molar-refractivity contribution in [1.82, 2.24) is 10.3 Å². The molecule has 1 aromatic carbocycles. The van der Waals surface area contributed by atoms with Crippen LogP contribution < -0.4 is 5.32 Å². The predicted molar refractivity (Wildman–Crippen MR) is 71.6 cm³/mol. The van der Waals surface area contributed by atoms with Crippen LogP contribution in [0.25, 0.3) is 10.8 Å². The minimum Gasteiger partial charge on any atom is -0.317 e. The van der Waals surface area contributed by atoms with Gasteiger partial charge in [-0.2, -0.15) is 0 Å². The number of aromatic nitrogens is 1. The molecule has 1 saturated heterocycles. The summed E-state index contributed by atoms with van der Waals surface area (Å²) in [7, 11) is 0. The largest absolute Gasteiger partial charge is 0.317 e. The number of halogens is 1. The number of piperidine rings is 1. The Morgan fingerprint density at radius 2 is 1.94 bits per heavy atom. The van der Waals surface area contributed by atoms with E-state index in [1.807, 2.05) is 18.5 Å². The first-order valence-corrected chi connectivity index (χ1v) is 6.47. The minimum absolute atomic E-state index is 0.651. The standard InChI is InChI=1S/C14H15ClN2/c15-14-2-1-11(10-3-6-16-7-4-10)12-5-8-17-9-13(12)14/h1-2,5,8-10,16H,3-4,6-7H2. The van der Waals surface area contributed by atoms with Crippen LogP contribution in [0.3, 0.4) is 0 Å². The molecule has 0 atom stereocenters. The van der Waals surface area contributed by atoms with Crippen molar-refractivity contribution < 1.29 is 0 Å². The Morgan fingerprint density at radius 3 is 2.76 bits per heavy atom. The minimum atomic E-state index is 0.651. The Hall–Kier alpha value is -1.12. The van der Waals surface area contributed by atoms with Gasteiger partial charge in [-0.05, 0) is 54.9 Å². The number of hydrogen-bond acceptors (Lipinski definition) is 2. The lowest BCUT2D eigenvalue weighted by atomic mass is 9.87. The first-order valence-electron chi connectivity index (χ1n) is 6.09. The SMILES string of the molecule is Clc1ccc(C2CCNCC2)c2ccncc12. The summed E-state index contributed by atoms with van der Waals surface area (Å²) in [5.41, 5.74) is 1.42. The van der Waals surface area contributed by atoms with Crippen LogP contribution >= 0.6 is 11.6 Å². The second kappa shape index (κ2) is 4.63. The molecule has 0 radical (unpaired) electrons. The van der Waals surface area contributed by atoms with Crippen LogP contribution in [0.5, 0.6) is 0 Å². The van der Waals surface area contributed by atoms with Gasteiger partial charge in [-0.25, -0.2) is 0 Å². The molecule has 1 N–H and O–H groups in total. The lowest BCUT2D eigenvalue weighted by Gasteiger charge is -2.24. The number of nitrogens with one attached hydrogen (secondary N) is 1. The summed E-state index contributed by atoms with van der Waals surface area (Å²) in [6.07, 6.45) is 6.13. The van der Waals surface area contributed by atoms with Crippen molar-refractivity contribution in [2.24, 2.45) is 0 Å². The highest BCUT2D eigenvalue weighted by atomic mass is 35.5. The molecule has 0 bridgehead atoms. The van der Waals surface area contributed by atoms with Crippen LogP contribution in [-0.2, 0) is 0 Å². The Kier molecular flexibility index (Phi) is 3.00. The molecule has 1 aliphatic rings. The van der Waals surface area contributed by atoms with Gasteiger partial charge in [0.15, 0.2) is 0 Å². The molecule has 0 spiro atoms. The third-order valence-electron chi connectivity index (χ3n) is 3.58. The van der Waals surface area contributed by atoms with E-state index in [0.717, 1.165) is 23.5 Å². The van der Waals surface area contributed by atoms with E-state index >= 15 is 0 Å². The molecule has 0 aliphatic carbocycles. The van der Waals surface area contributed by atoms with Gasteiger partial charge in [0.2, 0.25) is 0 Å². The normalized spacial score (nSPS) is 17.5. The van der Waals surface area contributed by atoms with Crippen LogP contribution in [0.2, 0.25) is 5.02 Å². The fraction of sp³-hybridized carbons (Fsp3) is 0.357. The van der Waals surface area contributed by atoms with Gasteiger partial charge in [-0.3, -0.25) is 4.98 Å². The maximum Gasteiger partial charge on any atom is 0.0500 e. The van der Waals surface area contributed by atoms with Crippen molar-refractivity contribution >= 4 is 22.4 Å². The molecule has 0 unspecified atom stereocenters. The molecule has 2 aromatic rings. The van der Waals surface area contributed by atoms with E-state index in [9.17, 15) is 0 Å². The Bertz CT molecular complexity index is 533. The van der Waals surface area contributed by atoms with E-state index in [2.05, 4.69) is 22.4 Å². The topological polar surface area (TPSA) is 24.9 Å². The van der Waals surface area contributed by atoms with Gasteiger partial charge in [-0.15, -0.1) is 0 Å². The lowest BCUT2D eigenvalue weighted by Crippen LogP contribution is -2.26. The summed E-state index contributed by atoms with van der Waals surface area (Å²) in [4.78, 5) is 4.16. The lowest BCUT2D eigenvalue weighted by molar-refractivity contribution is 0.462. The summed E-state index contributed by atoms with van der Waals surface area (Å²) in [6.45, 7) is 2.22. The molecule has 0 amide bonds. The summed E-state index contributed by atoms with van der Waals surface area (Å²) in [5, 5.41) is 6.54. The van der Waals surface area contributed by atoms with Crippen molar-refractivity contribution in [3.05, 3.63) is 41.2 Å². The monoisotopic (exact) mass is 246 g/mol. The van der Waals surface area contributed by atoms with E-state index in [-0.39, 0.29) is 0 Å². The number of pyridine rings is 1. The second-order valence-corrected chi connectivity index (χ2v) is 4.99. The molecule has 3 rings (SSSR count). The Labute approximate surface area is 106 Å².